The van der Waals surface area contributed by atoms with E-state index in [-0.39, 0.29) is 6.10 Å². The van der Waals surface area contributed by atoms with Gasteiger partial charge in [0.15, 0.2) is 0 Å². The van der Waals surface area contributed by atoms with Crippen LogP contribution >= 0.6 is 0 Å². The third kappa shape index (κ3) is 6.28. The summed E-state index contributed by atoms with van der Waals surface area (Å²) in [5, 5.41) is 13.0. The number of rotatable bonds is 8. The summed E-state index contributed by atoms with van der Waals surface area (Å²) in [6.45, 7) is 5.96. The standard InChI is InChI=1S/C16H23NO2/c1-4-11-19-15-7-5-14(6-8-15)12-17-10-9-16(18)13(2)3/h1,5-8,13,16-18H,9-12H2,2-3H3. The zero-order chi connectivity index (χ0) is 14.1. The number of aliphatic hydroxyl groups excluding tert-OH is 1. The molecule has 0 saturated carbocycles. The van der Waals surface area contributed by atoms with Crippen molar-refractivity contribution >= 4 is 0 Å². The Balaban J connectivity index is 2.25. The lowest BCUT2D eigenvalue weighted by Gasteiger charge is -2.14. The quantitative estimate of drug-likeness (QED) is 0.557. The van der Waals surface area contributed by atoms with Crippen LogP contribution in [0.15, 0.2) is 24.3 Å². The van der Waals surface area contributed by atoms with E-state index >= 15 is 0 Å². The molecule has 0 spiro atoms. The molecule has 0 bridgehead atoms. The second-order valence-corrected chi connectivity index (χ2v) is 4.91. The summed E-state index contributed by atoms with van der Waals surface area (Å²) < 4.78 is 5.30. The molecule has 0 fully saturated rings. The molecule has 0 radical (unpaired) electrons. The molecule has 0 aromatic heterocycles. The smallest absolute Gasteiger partial charge is 0.148 e. The average molecular weight is 261 g/mol. The Hall–Kier alpha value is -1.50. The highest BCUT2D eigenvalue weighted by molar-refractivity contribution is 5.27. The SMILES string of the molecule is C#CCOc1ccc(CNCCC(O)C(C)C)cc1. The molecule has 1 aromatic rings. The molecule has 3 nitrogen and oxygen atoms in total. The lowest BCUT2D eigenvalue weighted by atomic mass is 10.0. The van der Waals surface area contributed by atoms with Crippen LogP contribution in [0.25, 0.3) is 0 Å². The first-order valence-electron chi connectivity index (χ1n) is 6.67. The van der Waals surface area contributed by atoms with Gasteiger partial charge < -0.3 is 15.2 Å². The lowest BCUT2D eigenvalue weighted by Crippen LogP contribution is -2.23. The predicted octanol–water partition coefficient (Wildman–Crippen LogP) is 2.20. The Kier molecular flexibility index (Phi) is 7.02. The van der Waals surface area contributed by atoms with E-state index in [0.29, 0.717) is 12.5 Å². The number of ether oxygens (including phenoxy) is 1. The van der Waals surface area contributed by atoms with Gasteiger partial charge in [-0.05, 0) is 36.6 Å². The highest BCUT2D eigenvalue weighted by Gasteiger charge is 2.07. The Morgan fingerprint density at radius 1 is 1.32 bits per heavy atom. The van der Waals surface area contributed by atoms with Crippen LogP contribution in [0.5, 0.6) is 5.75 Å². The maximum atomic E-state index is 9.67. The molecular weight excluding hydrogens is 238 g/mol. The number of benzene rings is 1. The Labute approximate surface area is 116 Å². The molecule has 19 heavy (non-hydrogen) atoms. The zero-order valence-corrected chi connectivity index (χ0v) is 11.7. The predicted molar refractivity (Wildman–Crippen MR) is 77.9 cm³/mol. The number of hydrogen-bond acceptors (Lipinski definition) is 3. The highest BCUT2D eigenvalue weighted by Crippen LogP contribution is 2.12. The summed E-state index contributed by atoms with van der Waals surface area (Å²) in [5.74, 6) is 3.54. The van der Waals surface area contributed by atoms with Crippen molar-refractivity contribution in [3.8, 4) is 18.1 Å². The topological polar surface area (TPSA) is 41.5 Å². The van der Waals surface area contributed by atoms with E-state index in [1.165, 1.54) is 5.56 Å². The monoisotopic (exact) mass is 261 g/mol. The fraction of sp³-hybridized carbons (Fsp3) is 0.500. The normalized spacial score (nSPS) is 12.2. The van der Waals surface area contributed by atoms with Crippen molar-refractivity contribution < 1.29 is 9.84 Å². The van der Waals surface area contributed by atoms with Gasteiger partial charge in [0.25, 0.3) is 0 Å². The van der Waals surface area contributed by atoms with Crippen LogP contribution in [0.2, 0.25) is 0 Å². The van der Waals surface area contributed by atoms with Gasteiger partial charge in [-0.1, -0.05) is 31.9 Å². The molecule has 1 unspecified atom stereocenters. The van der Waals surface area contributed by atoms with E-state index in [4.69, 9.17) is 11.2 Å². The van der Waals surface area contributed by atoms with Gasteiger partial charge in [-0.25, -0.2) is 0 Å². The van der Waals surface area contributed by atoms with Crippen LogP contribution in [0.4, 0.5) is 0 Å². The number of nitrogens with one attached hydrogen (secondary N) is 1. The molecule has 1 rings (SSSR count). The maximum absolute atomic E-state index is 9.67. The van der Waals surface area contributed by atoms with E-state index in [1.807, 2.05) is 38.1 Å². The molecule has 0 saturated heterocycles. The van der Waals surface area contributed by atoms with Crippen molar-refractivity contribution in [3.05, 3.63) is 29.8 Å². The van der Waals surface area contributed by atoms with Gasteiger partial charge in [0.2, 0.25) is 0 Å². The summed E-state index contributed by atoms with van der Waals surface area (Å²) in [6, 6.07) is 7.85. The first-order valence-corrected chi connectivity index (χ1v) is 6.67. The van der Waals surface area contributed by atoms with Gasteiger partial charge in [-0.3, -0.25) is 0 Å². The Morgan fingerprint density at radius 2 is 2.00 bits per heavy atom. The second kappa shape index (κ2) is 8.58. The molecule has 0 aliphatic rings. The van der Waals surface area contributed by atoms with Crippen LogP contribution in [0.3, 0.4) is 0 Å². The summed E-state index contributed by atoms with van der Waals surface area (Å²) in [5.41, 5.74) is 1.19. The van der Waals surface area contributed by atoms with Crippen LogP contribution in [-0.2, 0) is 6.54 Å². The van der Waals surface area contributed by atoms with Crippen LogP contribution in [-0.4, -0.2) is 24.4 Å². The first-order chi connectivity index (χ1) is 9.13. The molecule has 1 atom stereocenters. The third-order valence-corrected chi connectivity index (χ3v) is 2.96. The van der Waals surface area contributed by atoms with Crippen LogP contribution < -0.4 is 10.1 Å². The minimum absolute atomic E-state index is 0.230. The fourth-order valence-electron chi connectivity index (χ4n) is 1.64. The summed E-state index contributed by atoms with van der Waals surface area (Å²) in [6.07, 6.45) is 5.68. The number of aliphatic hydroxyl groups is 1. The molecule has 3 heteroatoms. The van der Waals surface area contributed by atoms with Gasteiger partial charge in [-0.15, -0.1) is 6.42 Å². The zero-order valence-electron chi connectivity index (χ0n) is 11.7. The highest BCUT2D eigenvalue weighted by atomic mass is 16.5. The molecule has 0 aliphatic heterocycles. The van der Waals surface area contributed by atoms with Crippen molar-refractivity contribution in [3.63, 3.8) is 0 Å². The second-order valence-electron chi connectivity index (χ2n) is 4.91. The number of terminal acetylenes is 1. The fourth-order valence-corrected chi connectivity index (χ4v) is 1.64. The van der Waals surface area contributed by atoms with E-state index in [2.05, 4.69) is 11.2 Å². The minimum atomic E-state index is -0.230. The van der Waals surface area contributed by atoms with Crippen molar-refractivity contribution in [2.75, 3.05) is 13.2 Å². The van der Waals surface area contributed by atoms with Crippen molar-refractivity contribution in [1.29, 1.82) is 0 Å². The van der Waals surface area contributed by atoms with E-state index in [0.717, 1.165) is 25.3 Å². The molecule has 0 amide bonds. The maximum Gasteiger partial charge on any atom is 0.148 e. The van der Waals surface area contributed by atoms with Crippen molar-refractivity contribution in [1.82, 2.24) is 5.32 Å². The molecule has 0 aliphatic carbocycles. The van der Waals surface area contributed by atoms with Crippen LogP contribution in [0, 0.1) is 18.3 Å². The Bertz CT molecular complexity index is 392. The van der Waals surface area contributed by atoms with Crippen LogP contribution in [0.1, 0.15) is 25.8 Å². The van der Waals surface area contributed by atoms with Gasteiger partial charge in [-0.2, -0.15) is 0 Å². The summed E-state index contributed by atoms with van der Waals surface area (Å²) >= 11 is 0. The van der Waals surface area contributed by atoms with Crippen molar-refractivity contribution in [2.45, 2.75) is 32.9 Å². The molecular formula is C16H23NO2. The van der Waals surface area contributed by atoms with E-state index in [1.54, 1.807) is 0 Å². The molecule has 2 N–H and O–H groups in total. The largest absolute Gasteiger partial charge is 0.481 e. The van der Waals surface area contributed by atoms with E-state index < -0.39 is 0 Å². The van der Waals surface area contributed by atoms with Gasteiger partial charge in [0.05, 0.1) is 6.10 Å². The third-order valence-electron chi connectivity index (χ3n) is 2.96. The Morgan fingerprint density at radius 3 is 2.58 bits per heavy atom. The summed E-state index contributed by atoms with van der Waals surface area (Å²) in [7, 11) is 0. The van der Waals surface area contributed by atoms with E-state index in [9.17, 15) is 5.11 Å². The van der Waals surface area contributed by atoms with Gasteiger partial charge in [0, 0.05) is 6.54 Å². The molecule has 0 heterocycles. The number of hydrogen-bond donors (Lipinski definition) is 2. The minimum Gasteiger partial charge on any atom is -0.481 e. The van der Waals surface area contributed by atoms with Gasteiger partial charge >= 0.3 is 0 Å². The van der Waals surface area contributed by atoms with Crippen molar-refractivity contribution in [2.24, 2.45) is 5.92 Å². The van der Waals surface area contributed by atoms with Gasteiger partial charge in [0.1, 0.15) is 12.4 Å². The summed E-state index contributed by atoms with van der Waals surface area (Å²) in [4.78, 5) is 0. The molecule has 104 valence electrons. The molecule has 1 aromatic carbocycles. The first kappa shape index (κ1) is 15.6. The lowest BCUT2D eigenvalue weighted by molar-refractivity contribution is 0.116. The average Bonchev–Trinajstić information content (AvgIpc) is 2.42.